The summed E-state index contributed by atoms with van der Waals surface area (Å²) in [5.41, 5.74) is 10.0. The molecule has 72 valence electrons. The van der Waals surface area contributed by atoms with Crippen molar-refractivity contribution in [3.63, 3.8) is 0 Å². The molecule has 0 aliphatic rings. The zero-order chi connectivity index (χ0) is 10.1. The van der Waals surface area contributed by atoms with Crippen molar-refractivity contribution in [3.05, 3.63) is 41.1 Å². The molecule has 0 saturated carbocycles. The van der Waals surface area contributed by atoms with Gasteiger partial charge < -0.3 is 5.73 Å². The summed E-state index contributed by atoms with van der Waals surface area (Å²) in [4.78, 5) is 4.53. The second kappa shape index (κ2) is 3.39. The summed E-state index contributed by atoms with van der Waals surface area (Å²) >= 11 is 0. The largest absolute Gasteiger partial charge is 0.325 e. The number of nitrogens with zero attached hydrogens (tertiary/aromatic N) is 1. The van der Waals surface area contributed by atoms with Crippen molar-refractivity contribution in [1.82, 2.24) is 4.98 Å². The van der Waals surface area contributed by atoms with Gasteiger partial charge in [-0.25, -0.2) is 0 Å². The van der Waals surface area contributed by atoms with Crippen LogP contribution < -0.4 is 5.73 Å². The van der Waals surface area contributed by atoms with E-state index in [0.717, 1.165) is 11.2 Å². The number of benzene rings is 1. The van der Waals surface area contributed by atoms with E-state index in [-0.39, 0.29) is 0 Å². The van der Waals surface area contributed by atoms with Crippen LogP contribution in [0.25, 0.3) is 10.9 Å². The Balaban J connectivity index is 2.73. The normalized spacial score (nSPS) is 10.8. The molecule has 1 aromatic heterocycles. The molecule has 0 radical (unpaired) electrons. The molecule has 1 aromatic carbocycles. The average molecular weight is 186 g/mol. The van der Waals surface area contributed by atoms with Gasteiger partial charge in [-0.3, -0.25) is 4.98 Å². The number of fused-ring (bicyclic) bond motifs is 1. The first-order valence-electron chi connectivity index (χ1n) is 4.77. The molecule has 2 heteroatoms. The zero-order valence-corrected chi connectivity index (χ0v) is 8.54. The molecule has 0 amide bonds. The molecule has 0 saturated heterocycles. The summed E-state index contributed by atoms with van der Waals surface area (Å²) < 4.78 is 0. The molecule has 1 heterocycles. The highest BCUT2D eigenvalue weighted by Crippen LogP contribution is 2.17. The first-order chi connectivity index (χ1) is 6.70. The third-order valence-corrected chi connectivity index (χ3v) is 2.46. The predicted octanol–water partition coefficient (Wildman–Crippen LogP) is 2.31. The third-order valence-electron chi connectivity index (χ3n) is 2.46. The van der Waals surface area contributed by atoms with Crippen molar-refractivity contribution >= 4 is 10.9 Å². The summed E-state index contributed by atoms with van der Waals surface area (Å²) in [6.45, 7) is 4.63. The maximum atomic E-state index is 5.62. The van der Waals surface area contributed by atoms with Crippen LogP contribution in [0.15, 0.2) is 24.3 Å². The summed E-state index contributed by atoms with van der Waals surface area (Å²) in [6.07, 6.45) is 0. The van der Waals surface area contributed by atoms with E-state index in [9.17, 15) is 0 Å². The number of rotatable bonds is 1. The van der Waals surface area contributed by atoms with Gasteiger partial charge in [0.2, 0.25) is 0 Å². The summed E-state index contributed by atoms with van der Waals surface area (Å²) in [7, 11) is 0. The Labute approximate surface area is 83.8 Å². The lowest BCUT2D eigenvalue weighted by Gasteiger charge is -2.05. The van der Waals surface area contributed by atoms with E-state index in [2.05, 4.69) is 43.1 Å². The molecular weight excluding hydrogens is 172 g/mol. The van der Waals surface area contributed by atoms with Gasteiger partial charge in [0.1, 0.15) is 0 Å². The Bertz CT molecular complexity index is 475. The molecule has 2 rings (SSSR count). The van der Waals surface area contributed by atoms with Gasteiger partial charge in [0.05, 0.1) is 11.2 Å². The van der Waals surface area contributed by atoms with Crippen LogP contribution in [0.3, 0.4) is 0 Å². The Hall–Kier alpha value is -1.41. The Kier molecular flexibility index (Phi) is 2.22. The van der Waals surface area contributed by atoms with E-state index in [0.29, 0.717) is 6.54 Å². The molecule has 0 spiro atoms. The highest BCUT2D eigenvalue weighted by atomic mass is 14.7. The van der Waals surface area contributed by atoms with E-state index < -0.39 is 0 Å². The molecule has 14 heavy (non-hydrogen) atoms. The SMILES string of the molecule is Cc1ccc2cc(C)c(CN)nc2c1. The summed E-state index contributed by atoms with van der Waals surface area (Å²) in [5, 5.41) is 1.19. The van der Waals surface area contributed by atoms with Crippen LogP contribution in [0.4, 0.5) is 0 Å². The van der Waals surface area contributed by atoms with Crippen molar-refractivity contribution in [3.8, 4) is 0 Å². The van der Waals surface area contributed by atoms with Crippen LogP contribution in [0.5, 0.6) is 0 Å². The average Bonchev–Trinajstić information content (AvgIpc) is 2.17. The second-order valence-electron chi connectivity index (χ2n) is 3.65. The lowest BCUT2D eigenvalue weighted by atomic mass is 10.1. The molecule has 2 aromatic rings. The fraction of sp³-hybridized carbons (Fsp3) is 0.250. The Morgan fingerprint density at radius 3 is 2.71 bits per heavy atom. The summed E-state index contributed by atoms with van der Waals surface area (Å²) in [5.74, 6) is 0. The van der Waals surface area contributed by atoms with E-state index in [1.54, 1.807) is 0 Å². The van der Waals surface area contributed by atoms with Crippen LogP contribution in [0, 0.1) is 13.8 Å². The first kappa shape index (κ1) is 9.16. The molecule has 0 unspecified atom stereocenters. The second-order valence-corrected chi connectivity index (χ2v) is 3.65. The van der Waals surface area contributed by atoms with Crippen molar-refractivity contribution in [2.75, 3.05) is 0 Å². The molecule has 2 nitrogen and oxygen atoms in total. The summed E-state index contributed by atoms with van der Waals surface area (Å²) in [6, 6.07) is 8.44. The van der Waals surface area contributed by atoms with Gasteiger partial charge in [0.25, 0.3) is 0 Å². The van der Waals surface area contributed by atoms with Crippen molar-refractivity contribution < 1.29 is 0 Å². The Morgan fingerprint density at radius 2 is 2.00 bits per heavy atom. The van der Waals surface area contributed by atoms with Gasteiger partial charge in [-0.05, 0) is 37.1 Å². The highest BCUT2D eigenvalue weighted by molar-refractivity contribution is 5.80. The van der Waals surface area contributed by atoms with Crippen LogP contribution in [-0.4, -0.2) is 4.98 Å². The lowest BCUT2D eigenvalue weighted by molar-refractivity contribution is 0.985. The minimum absolute atomic E-state index is 0.510. The number of nitrogens with two attached hydrogens (primary N) is 1. The van der Waals surface area contributed by atoms with Crippen molar-refractivity contribution in [2.24, 2.45) is 5.73 Å². The topological polar surface area (TPSA) is 38.9 Å². The fourth-order valence-corrected chi connectivity index (χ4v) is 1.63. The maximum Gasteiger partial charge on any atom is 0.0708 e. The number of aryl methyl sites for hydroxylation is 2. The lowest BCUT2D eigenvalue weighted by Crippen LogP contribution is -2.02. The van der Waals surface area contributed by atoms with Crippen molar-refractivity contribution in [1.29, 1.82) is 0 Å². The van der Waals surface area contributed by atoms with Crippen LogP contribution in [0.2, 0.25) is 0 Å². The molecule has 2 N–H and O–H groups in total. The van der Waals surface area contributed by atoms with E-state index in [4.69, 9.17) is 5.73 Å². The zero-order valence-electron chi connectivity index (χ0n) is 8.54. The van der Waals surface area contributed by atoms with E-state index in [1.165, 1.54) is 16.5 Å². The van der Waals surface area contributed by atoms with E-state index >= 15 is 0 Å². The van der Waals surface area contributed by atoms with Crippen LogP contribution in [-0.2, 0) is 6.54 Å². The molecule has 0 aliphatic heterocycles. The van der Waals surface area contributed by atoms with Crippen molar-refractivity contribution in [2.45, 2.75) is 20.4 Å². The van der Waals surface area contributed by atoms with Gasteiger partial charge >= 0.3 is 0 Å². The molecular formula is C12H14N2. The van der Waals surface area contributed by atoms with Gasteiger partial charge in [0, 0.05) is 11.9 Å². The number of pyridine rings is 1. The highest BCUT2D eigenvalue weighted by Gasteiger charge is 2.01. The minimum Gasteiger partial charge on any atom is -0.325 e. The predicted molar refractivity (Wildman–Crippen MR) is 59.1 cm³/mol. The van der Waals surface area contributed by atoms with Crippen LogP contribution >= 0.6 is 0 Å². The standard InChI is InChI=1S/C12H14N2/c1-8-3-4-10-6-9(2)12(7-13)14-11(10)5-8/h3-6H,7,13H2,1-2H3. The van der Waals surface area contributed by atoms with Gasteiger partial charge in [-0.1, -0.05) is 12.1 Å². The van der Waals surface area contributed by atoms with E-state index in [1.807, 2.05) is 0 Å². The monoisotopic (exact) mass is 186 g/mol. The smallest absolute Gasteiger partial charge is 0.0708 e. The Morgan fingerprint density at radius 1 is 1.21 bits per heavy atom. The van der Waals surface area contributed by atoms with Gasteiger partial charge in [-0.2, -0.15) is 0 Å². The number of hydrogen-bond acceptors (Lipinski definition) is 2. The molecule has 0 atom stereocenters. The fourth-order valence-electron chi connectivity index (χ4n) is 1.63. The van der Waals surface area contributed by atoms with Gasteiger partial charge in [-0.15, -0.1) is 0 Å². The molecule has 0 fully saturated rings. The first-order valence-corrected chi connectivity index (χ1v) is 4.77. The number of hydrogen-bond donors (Lipinski definition) is 1. The number of aromatic nitrogens is 1. The minimum atomic E-state index is 0.510. The maximum absolute atomic E-state index is 5.62. The van der Waals surface area contributed by atoms with Gasteiger partial charge in [0.15, 0.2) is 0 Å². The quantitative estimate of drug-likeness (QED) is 0.742. The van der Waals surface area contributed by atoms with Crippen LogP contribution in [0.1, 0.15) is 16.8 Å². The molecule has 0 aliphatic carbocycles. The molecule has 0 bridgehead atoms. The third kappa shape index (κ3) is 1.49.